The van der Waals surface area contributed by atoms with E-state index >= 15 is 0 Å². The van der Waals surface area contributed by atoms with Crippen molar-refractivity contribution in [2.24, 2.45) is 0 Å². The Morgan fingerprint density at radius 3 is 2.32 bits per heavy atom. The van der Waals surface area contributed by atoms with Gasteiger partial charge in [-0.2, -0.15) is 0 Å². The third kappa shape index (κ3) is 3.34. The zero-order valence-electron chi connectivity index (χ0n) is 11.9. The molecule has 0 bridgehead atoms. The summed E-state index contributed by atoms with van der Waals surface area (Å²) in [4.78, 5) is 14.7. The van der Waals surface area contributed by atoms with E-state index in [0.717, 1.165) is 19.6 Å². The average molecular weight is 360 g/mol. The fourth-order valence-corrected chi connectivity index (χ4v) is 2.72. The van der Waals surface area contributed by atoms with E-state index in [1.54, 1.807) is 24.3 Å². The largest absolute Gasteiger partial charge is 0.292 e. The molecule has 2 aromatic carbocycles. The maximum atomic E-state index is 13.5. The van der Waals surface area contributed by atoms with Gasteiger partial charge in [0.25, 0.3) is 0 Å². The molecule has 0 spiro atoms. The zero-order chi connectivity index (χ0) is 15.5. The summed E-state index contributed by atoms with van der Waals surface area (Å²) < 4.78 is 13.9. The summed E-state index contributed by atoms with van der Waals surface area (Å²) in [5.41, 5.74) is 2.10. The van der Waals surface area contributed by atoms with Crippen molar-refractivity contribution in [3.63, 3.8) is 0 Å². The predicted octanol–water partition coefficient (Wildman–Crippen LogP) is 4.19. The first kappa shape index (κ1) is 15.1. The van der Waals surface area contributed by atoms with E-state index in [2.05, 4.69) is 33.0 Å². The fraction of sp³-hybridized carbons (Fsp3) is 0.167. The molecule has 0 amide bonds. The Kier molecular flexibility index (Phi) is 4.50. The van der Waals surface area contributed by atoms with Gasteiger partial charge in [0.2, 0.25) is 0 Å². The number of ketones is 1. The third-order valence-corrected chi connectivity index (χ3v) is 4.34. The lowest BCUT2D eigenvalue weighted by atomic mass is 10.0. The normalized spacial score (nSPS) is 14.5. The quantitative estimate of drug-likeness (QED) is 0.602. The molecule has 2 nitrogen and oxygen atoms in total. The molecule has 0 fully saturated rings. The summed E-state index contributed by atoms with van der Waals surface area (Å²) >= 11 is 3.09. The monoisotopic (exact) mass is 359 g/mol. The van der Waals surface area contributed by atoms with E-state index in [4.69, 9.17) is 0 Å². The molecule has 0 aromatic heterocycles. The lowest BCUT2D eigenvalue weighted by Gasteiger charge is -2.14. The Morgan fingerprint density at radius 1 is 1.05 bits per heavy atom. The molecule has 1 heterocycles. The van der Waals surface area contributed by atoms with Crippen LogP contribution >= 0.6 is 15.9 Å². The van der Waals surface area contributed by atoms with E-state index in [1.807, 2.05) is 12.1 Å². The molecule has 0 saturated carbocycles. The molecule has 2 aromatic rings. The number of carbonyl (C=O) groups excluding carboxylic acids is 1. The second kappa shape index (κ2) is 6.55. The van der Waals surface area contributed by atoms with Crippen molar-refractivity contribution in [2.45, 2.75) is 6.54 Å². The molecule has 0 saturated heterocycles. The summed E-state index contributed by atoms with van der Waals surface area (Å²) in [5, 5.41) is 0. The zero-order valence-corrected chi connectivity index (χ0v) is 13.5. The Labute approximate surface area is 137 Å². The molecular formula is C18H15BrFNO. The van der Waals surface area contributed by atoms with Gasteiger partial charge in [0.05, 0.1) is 4.47 Å². The second-order valence-corrected chi connectivity index (χ2v) is 6.17. The highest BCUT2D eigenvalue weighted by molar-refractivity contribution is 9.10. The van der Waals surface area contributed by atoms with Crippen molar-refractivity contribution in [3.05, 3.63) is 81.6 Å². The topological polar surface area (TPSA) is 20.3 Å². The minimum Gasteiger partial charge on any atom is -0.292 e. The van der Waals surface area contributed by atoms with Crippen LogP contribution in [-0.2, 0) is 6.54 Å². The van der Waals surface area contributed by atoms with Gasteiger partial charge in [-0.25, -0.2) is 4.39 Å². The van der Waals surface area contributed by atoms with Gasteiger partial charge in [0.1, 0.15) is 5.82 Å². The van der Waals surface area contributed by atoms with E-state index in [1.165, 1.54) is 11.6 Å². The molecule has 4 heteroatoms. The highest BCUT2D eigenvalue weighted by atomic mass is 79.9. The predicted molar refractivity (Wildman–Crippen MR) is 88.4 cm³/mol. The lowest BCUT2D eigenvalue weighted by Crippen LogP contribution is -2.19. The SMILES string of the molecule is O=C(c1ccc(CN2CC=CC2)cc1)c1ccc(Br)c(F)c1. The first-order valence-corrected chi connectivity index (χ1v) is 7.89. The van der Waals surface area contributed by atoms with E-state index in [9.17, 15) is 9.18 Å². The Morgan fingerprint density at radius 2 is 1.68 bits per heavy atom. The van der Waals surface area contributed by atoms with Crippen molar-refractivity contribution in [1.29, 1.82) is 0 Å². The van der Waals surface area contributed by atoms with E-state index in [-0.39, 0.29) is 5.78 Å². The maximum absolute atomic E-state index is 13.5. The summed E-state index contributed by atoms with van der Waals surface area (Å²) in [6.07, 6.45) is 4.31. The maximum Gasteiger partial charge on any atom is 0.193 e. The van der Waals surface area contributed by atoms with Crippen LogP contribution in [0.5, 0.6) is 0 Å². The molecule has 0 unspecified atom stereocenters. The van der Waals surface area contributed by atoms with Crippen molar-refractivity contribution >= 4 is 21.7 Å². The summed E-state index contributed by atoms with van der Waals surface area (Å²) in [6.45, 7) is 2.81. The van der Waals surface area contributed by atoms with Crippen LogP contribution < -0.4 is 0 Å². The van der Waals surface area contributed by atoms with Crippen LogP contribution in [-0.4, -0.2) is 23.8 Å². The van der Waals surface area contributed by atoms with Gasteiger partial charge in [-0.15, -0.1) is 0 Å². The second-order valence-electron chi connectivity index (χ2n) is 5.32. The van der Waals surface area contributed by atoms with Crippen LogP contribution in [0.3, 0.4) is 0 Å². The van der Waals surface area contributed by atoms with Crippen molar-refractivity contribution in [3.8, 4) is 0 Å². The first-order chi connectivity index (χ1) is 10.6. The average Bonchev–Trinajstić information content (AvgIpc) is 3.03. The number of hydrogen-bond acceptors (Lipinski definition) is 2. The van der Waals surface area contributed by atoms with Crippen LogP contribution in [0.25, 0.3) is 0 Å². The van der Waals surface area contributed by atoms with Crippen LogP contribution in [0.2, 0.25) is 0 Å². The molecule has 3 rings (SSSR count). The standard InChI is InChI=1S/C18H15BrFNO/c19-16-8-7-15(11-17(16)20)18(22)14-5-3-13(4-6-14)12-21-9-1-2-10-21/h1-8,11H,9-10,12H2. The molecule has 0 atom stereocenters. The smallest absolute Gasteiger partial charge is 0.193 e. The van der Waals surface area contributed by atoms with Crippen molar-refractivity contribution in [1.82, 2.24) is 4.90 Å². The van der Waals surface area contributed by atoms with Gasteiger partial charge < -0.3 is 0 Å². The van der Waals surface area contributed by atoms with Gasteiger partial charge in [-0.1, -0.05) is 36.4 Å². The van der Waals surface area contributed by atoms with Crippen LogP contribution in [0.15, 0.2) is 59.1 Å². The Balaban J connectivity index is 1.73. The van der Waals surface area contributed by atoms with Gasteiger partial charge in [-0.3, -0.25) is 9.69 Å². The number of rotatable bonds is 4. The summed E-state index contributed by atoms with van der Waals surface area (Å²) in [6, 6.07) is 12.0. The number of halogens is 2. The molecule has 1 aliphatic heterocycles. The Bertz CT molecular complexity index is 716. The molecule has 0 aliphatic carbocycles. The van der Waals surface area contributed by atoms with Gasteiger partial charge in [-0.05, 0) is 39.7 Å². The minimum absolute atomic E-state index is 0.166. The molecule has 0 radical (unpaired) electrons. The number of nitrogens with zero attached hydrogens (tertiary/aromatic N) is 1. The number of hydrogen-bond donors (Lipinski definition) is 0. The van der Waals surface area contributed by atoms with Gasteiger partial charge in [0.15, 0.2) is 5.78 Å². The molecular weight excluding hydrogens is 345 g/mol. The van der Waals surface area contributed by atoms with Crippen LogP contribution in [0.1, 0.15) is 21.5 Å². The van der Waals surface area contributed by atoms with Crippen molar-refractivity contribution < 1.29 is 9.18 Å². The summed E-state index contributed by atoms with van der Waals surface area (Å²) in [7, 11) is 0. The highest BCUT2D eigenvalue weighted by Crippen LogP contribution is 2.19. The van der Waals surface area contributed by atoms with Crippen molar-refractivity contribution in [2.75, 3.05) is 13.1 Å². The van der Waals surface area contributed by atoms with Crippen LogP contribution in [0, 0.1) is 5.82 Å². The molecule has 22 heavy (non-hydrogen) atoms. The molecule has 0 N–H and O–H groups in total. The number of carbonyl (C=O) groups is 1. The van der Waals surface area contributed by atoms with E-state index < -0.39 is 5.82 Å². The third-order valence-electron chi connectivity index (χ3n) is 3.70. The Hall–Kier alpha value is -1.78. The van der Waals surface area contributed by atoms with E-state index in [0.29, 0.717) is 15.6 Å². The first-order valence-electron chi connectivity index (χ1n) is 7.09. The summed E-state index contributed by atoms with van der Waals surface area (Å²) in [5.74, 6) is -0.593. The molecule has 1 aliphatic rings. The lowest BCUT2D eigenvalue weighted by molar-refractivity contribution is 0.103. The van der Waals surface area contributed by atoms with Crippen LogP contribution in [0.4, 0.5) is 4.39 Å². The van der Waals surface area contributed by atoms with Gasteiger partial charge in [0, 0.05) is 30.8 Å². The fourth-order valence-electron chi connectivity index (χ4n) is 2.47. The minimum atomic E-state index is -0.427. The number of benzene rings is 2. The highest BCUT2D eigenvalue weighted by Gasteiger charge is 2.12. The van der Waals surface area contributed by atoms with Gasteiger partial charge >= 0.3 is 0 Å². The molecule has 112 valence electrons.